The van der Waals surface area contributed by atoms with Crippen LogP contribution in [0.3, 0.4) is 0 Å². The molecule has 1 aromatic heterocycles. The molecule has 1 aliphatic rings. The van der Waals surface area contributed by atoms with Gasteiger partial charge in [0.05, 0.1) is 24.5 Å². The van der Waals surface area contributed by atoms with Gasteiger partial charge in [-0.1, -0.05) is 23.2 Å². The summed E-state index contributed by atoms with van der Waals surface area (Å²) in [6, 6.07) is 8.29. The van der Waals surface area contributed by atoms with E-state index in [2.05, 4.69) is 15.2 Å². The quantitative estimate of drug-likeness (QED) is 0.333. The van der Waals surface area contributed by atoms with E-state index in [9.17, 15) is 33.1 Å². The molecule has 3 N–H and O–H groups in total. The first-order valence-electron chi connectivity index (χ1n) is 12.5. The molecule has 0 bridgehead atoms. The summed E-state index contributed by atoms with van der Waals surface area (Å²) in [5.41, 5.74) is -2.47. The number of aromatic hydroxyl groups is 1. The van der Waals surface area contributed by atoms with Crippen LogP contribution >= 0.6 is 23.2 Å². The van der Waals surface area contributed by atoms with Crippen LogP contribution in [0.4, 0.5) is 13.2 Å². The number of phenolic OH excluding ortho intramolecular Hbond substituents is 1. The van der Waals surface area contributed by atoms with Gasteiger partial charge in [-0.3, -0.25) is 14.5 Å². The number of aromatic nitrogens is 1. The summed E-state index contributed by atoms with van der Waals surface area (Å²) in [5, 5.41) is 23.5. The van der Waals surface area contributed by atoms with E-state index in [1.165, 1.54) is 18.2 Å². The van der Waals surface area contributed by atoms with Gasteiger partial charge in [-0.15, -0.1) is 0 Å². The third kappa shape index (κ3) is 7.02. The van der Waals surface area contributed by atoms with Gasteiger partial charge >= 0.3 is 6.18 Å². The molecule has 41 heavy (non-hydrogen) atoms. The fourth-order valence-corrected chi connectivity index (χ4v) is 5.07. The Hall–Kier alpha value is -3.56. The van der Waals surface area contributed by atoms with E-state index >= 15 is 0 Å². The van der Waals surface area contributed by atoms with Crippen molar-refractivity contribution < 1.29 is 27.8 Å². The predicted molar refractivity (Wildman–Crippen MR) is 148 cm³/mol. The molecule has 1 amide bonds. The van der Waals surface area contributed by atoms with Crippen molar-refractivity contribution in [1.82, 2.24) is 15.2 Å². The average molecular weight is 609 g/mol. The lowest BCUT2D eigenvalue weighted by atomic mass is 9.96. The van der Waals surface area contributed by atoms with Gasteiger partial charge in [-0.05, 0) is 43.3 Å². The van der Waals surface area contributed by atoms with Gasteiger partial charge in [0.25, 0.3) is 5.56 Å². The van der Waals surface area contributed by atoms with Crippen molar-refractivity contribution in [2.24, 2.45) is 0 Å². The second-order valence-corrected chi connectivity index (χ2v) is 10.4. The van der Waals surface area contributed by atoms with E-state index in [4.69, 9.17) is 27.9 Å². The number of carbonyl (C=O) groups is 1. The van der Waals surface area contributed by atoms with Crippen molar-refractivity contribution in [3.05, 3.63) is 73.5 Å². The summed E-state index contributed by atoms with van der Waals surface area (Å²) in [6.45, 7) is 4.51. The largest absolute Gasteiger partial charge is 0.507 e. The molecule has 4 rings (SSSR count). The number of phenols is 1. The number of rotatable bonds is 7. The third-order valence-corrected chi connectivity index (χ3v) is 7.35. The zero-order valence-corrected chi connectivity index (χ0v) is 23.3. The van der Waals surface area contributed by atoms with E-state index in [-0.39, 0.29) is 68.7 Å². The molecular weight excluding hydrogens is 584 g/mol. The minimum absolute atomic E-state index is 0.0211. The highest BCUT2D eigenvalue weighted by molar-refractivity contribution is 6.33. The number of pyridine rings is 1. The van der Waals surface area contributed by atoms with E-state index in [1.54, 1.807) is 6.07 Å². The minimum atomic E-state index is -4.69. The van der Waals surface area contributed by atoms with Crippen LogP contribution in [-0.4, -0.2) is 53.2 Å². The first-order chi connectivity index (χ1) is 19.4. The highest BCUT2D eigenvalue weighted by Gasteiger charge is 2.31. The minimum Gasteiger partial charge on any atom is -0.507 e. The van der Waals surface area contributed by atoms with Crippen LogP contribution in [0.15, 0.2) is 41.2 Å². The van der Waals surface area contributed by atoms with Crippen molar-refractivity contribution in [3.63, 3.8) is 0 Å². The third-order valence-electron chi connectivity index (χ3n) is 6.80. The molecule has 1 fully saturated rings. The standard InChI is InChI=1S/C28H25Cl2F3N4O4/c1-15(37-4-6-41-7-5-37)8-25(38)35-14-16-9-18(29)11-21(26(16)39)24-12-19(22(13-34)27(40)36-24)20-10-17(28(31,32)33)2-3-23(20)30/h2-3,9-12,15,39H,4-8,14H2,1H3,(H,35,38)(H,36,40). The Morgan fingerprint density at radius 3 is 2.54 bits per heavy atom. The van der Waals surface area contributed by atoms with Gasteiger partial charge in [0.1, 0.15) is 17.4 Å². The van der Waals surface area contributed by atoms with Gasteiger partial charge in [-0.2, -0.15) is 18.4 Å². The topological polar surface area (TPSA) is 118 Å². The van der Waals surface area contributed by atoms with Crippen LogP contribution in [0, 0.1) is 11.3 Å². The molecule has 0 saturated carbocycles. The SMILES string of the molecule is CC(CC(=O)NCc1cc(Cl)cc(-c2cc(-c3cc(C(F)(F)F)ccc3Cl)c(C#N)c(=O)[nH]2)c1O)N1CCOCC1. The highest BCUT2D eigenvalue weighted by atomic mass is 35.5. The van der Waals surface area contributed by atoms with E-state index in [0.717, 1.165) is 31.3 Å². The maximum absolute atomic E-state index is 13.4. The van der Waals surface area contributed by atoms with Crippen molar-refractivity contribution >= 4 is 29.1 Å². The number of H-pyrrole nitrogens is 1. The molecule has 8 nitrogen and oxygen atoms in total. The molecule has 1 unspecified atom stereocenters. The Morgan fingerprint density at radius 2 is 1.88 bits per heavy atom. The lowest BCUT2D eigenvalue weighted by Gasteiger charge is -2.31. The summed E-state index contributed by atoms with van der Waals surface area (Å²) >= 11 is 12.5. The molecule has 3 aromatic rings. The number of nitrogens with zero attached hydrogens (tertiary/aromatic N) is 2. The number of benzene rings is 2. The van der Waals surface area contributed by atoms with Crippen LogP contribution in [-0.2, 0) is 22.3 Å². The Bertz CT molecular complexity index is 1560. The number of ether oxygens (including phenoxy) is 1. The summed E-state index contributed by atoms with van der Waals surface area (Å²) < 4.78 is 45.5. The van der Waals surface area contributed by atoms with Gasteiger partial charge < -0.3 is 20.1 Å². The Kier molecular flexibility index (Phi) is 9.29. The molecule has 2 heterocycles. The molecular formula is C28H25Cl2F3N4O4. The van der Waals surface area contributed by atoms with Gasteiger partial charge in [0.2, 0.25) is 5.91 Å². The molecule has 13 heteroatoms. The second-order valence-electron chi connectivity index (χ2n) is 9.54. The molecule has 2 aromatic carbocycles. The van der Waals surface area contributed by atoms with Crippen LogP contribution in [0.25, 0.3) is 22.4 Å². The zero-order chi connectivity index (χ0) is 29.9. The Labute approximate surface area is 243 Å². The van der Waals surface area contributed by atoms with Gasteiger partial charge in [-0.25, -0.2) is 0 Å². The zero-order valence-electron chi connectivity index (χ0n) is 21.7. The first-order valence-corrected chi connectivity index (χ1v) is 13.3. The molecule has 216 valence electrons. The maximum Gasteiger partial charge on any atom is 0.416 e. The number of morpholine rings is 1. The monoisotopic (exact) mass is 608 g/mol. The maximum atomic E-state index is 13.4. The number of hydrogen-bond acceptors (Lipinski definition) is 6. The van der Waals surface area contributed by atoms with Crippen LogP contribution in [0.2, 0.25) is 10.0 Å². The number of nitrogens with one attached hydrogen (secondary N) is 2. The number of alkyl halides is 3. The van der Waals surface area contributed by atoms with Gasteiger partial charge in [0, 0.05) is 64.4 Å². The number of nitriles is 1. The predicted octanol–water partition coefficient (Wildman–Crippen LogP) is 5.34. The number of aromatic amines is 1. The summed E-state index contributed by atoms with van der Waals surface area (Å²) in [4.78, 5) is 30.1. The second kappa shape index (κ2) is 12.5. The number of halogens is 5. The van der Waals surface area contributed by atoms with Gasteiger partial charge in [0.15, 0.2) is 0 Å². The lowest BCUT2D eigenvalue weighted by Crippen LogP contribution is -2.44. The highest BCUT2D eigenvalue weighted by Crippen LogP contribution is 2.39. The van der Waals surface area contributed by atoms with Crippen molar-refractivity contribution in [2.75, 3.05) is 26.3 Å². The van der Waals surface area contributed by atoms with E-state index < -0.39 is 22.9 Å². The number of amides is 1. The molecule has 0 radical (unpaired) electrons. The van der Waals surface area contributed by atoms with Crippen LogP contribution in [0.5, 0.6) is 5.75 Å². The lowest BCUT2D eigenvalue weighted by molar-refractivity contribution is -0.137. The van der Waals surface area contributed by atoms with Crippen LogP contribution < -0.4 is 10.9 Å². The Morgan fingerprint density at radius 1 is 1.17 bits per heavy atom. The molecule has 1 aliphatic heterocycles. The van der Waals surface area contributed by atoms with Crippen molar-refractivity contribution in [2.45, 2.75) is 32.1 Å². The van der Waals surface area contributed by atoms with E-state index in [0.29, 0.717) is 13.2 Å². The summed E-state index contributed by atoms with van der Waals surface area (Å²) in [7, 11) is 0. The van der Waals surface area contributed by atoms with Crippen molar-refractivity contribution in [3.8, 4) is 34.2 Å². The first kappa shape index (κ1) is 30.4. The molecule has 0 spiro atoms. The Balaban J connectivity index is 1.66. The van der Waals surface area contributed by atoms with Crippen LogP contribution in [0.1, 0.15) is 30.0 Å². The smallest absolute Gasteiger partial charge is 0.416 e. The summed E-state index contributed by atoms with van der Waals surface area (Å²) in [5.74, 6) is -0.574. The fraction of sp³-hybridized carbons (Fsp3) is 0.321. The van der Waals surface area contributed by atoms with Crippen molar-refractivity contribution in [1.29, 1.82) is 5.26 Å². The van der Waals surface area contributed by atoms with E-state index in [1.807, 2.05) is 6.92 Å². The number of carbonyl (C=O) groups excluding carboxylic acids is 1. The molecule has 1 saturated heterocycles. The fourth-order valence-electron chi connectivity index (χ4n) is 4.61. The molecule has 0 aliphatic carbocycles. The average Bonchev–Trinajstić information content (AvgIpc) is 2.93. The normalized spacial score (nSPS) is 14.9. The summed E-state index contributed by atoms with van der Waals surface area (Å²) in [6.07, 6.45) is -4.47. The molecule has 1 atom stereocenters. The number of hydrogen-bond donors (Lipinski definition) is 3.